The van der Waals surface area contributed by atoms with Gasteiger partial charge < -0.3 is 20.3 Å². The van der Waals surface area contributed by atoms with Crippen LogP contribution in [0.2, 0.25) is 0 Å². The molecule has 2 aromatic rings. The molecule has 0 aromatic carbocycles. The average Bonchev–Trinajstić information content (AvgIpc) is 3.30. The Balaban J connectivity index is 1.60. The van der Waals surface area contributed by atoms with Crippen LogP contribution in [0.15, 0.2) is 17.4 Å². The lowest BCUT2D eigenvalue weighted by Crippen LogP contribution is -2.33. The summed E-state index contributed by atoms with van der Waals surface area (Å²) in [6.07, 6.45) is 5.37. The number of amides is 1. The Kier molecular flexibility index (Phi) is 4.79. The van der Waals surface area contributed by atoms with Crippen LogP contribution >= 0.6 is 11.6 Å². The fraction of sp³-hybridized carbons (Fsp3) is 0.412. The van der Waals surface area contributed by atoms with Gasteiger partial charge in [0.2, 0.25) is 5.91 Å². The summed E-state index contributed by atoms with van der Waals surface area (Å²) in [5, 5.41) is 12.6. The quantitative estimate of drug-likeness (QED) is 0.616. The molecule has 0 saturated carbocycles. The molecule has 0 bridgehead atoms. The third-order valence-corrected chi connectivity index (χ3v) is 4.94. The normalized spacial score (nSPS) is 21.4. The number of likely N-dealkylation sites (tertiary alicyclic amines) is 1. The summed E-state index contributed by atoms with van der Waals surface area (Å²) >= 11 is 6.16. The molecule has 4 heterocycles. The van der Waals surface area contributed by atoms with E-state index in [1.54, 1.807) is 6.20 Å². The Labute approximate surface area is 158 Å². The number of aliphatic hydroxyl groups is 1. The molecule has 142 valence electrons. The second-order valence-corrected chi connectivity index (χ2v) is 7.07. The molecule has 4 rings (SSSR count). The molecule has 2 aliphatic heterocycles. The van der Waals surface area contributed by atoms with Gasteiger partial charge in [-0.2, -0.15) is 0 Å². The zero-order chi connectivity index (χ0) is 19.0. The molecule has 3 N–H and O–H groups in total. The number of aromatic amines is 1. The van der Waals surface area contributed by atoms with Crippen molar-refractivity contribution in [1.82, 2.24) is 19.9 Å². The minimum absolute atomic E-state index is 0.0772. The van der Waals surface area contributed by atoms with Crippen LogP contribution in [-0.2, 0) is 4.79 Å². The van der Waals surface area contributed by atoms with E-state index < -0.39 is 12.4 Å². The Morgan fingerprint density at radius 1 is 1.52 bits per heavy atom. The number of halogens is 2. The van der Waals surface area contributed by atoms with Crippen molar-refractivity contribution < 1.29 is 14.3 Å². The SMILES string of the molecule is O=C(CO)N1CC[C@@H](Nc2nc(-c3c[nH]c4c3=CC(Cl)CN=4)ncc2F)C1. The highest BCUT2D eigenvalue weighted by Crippen LogP contribution is 2.19. The first-order valence-electron chi connectivity index (χ1n) is 8.61. The van der Waals surface area contributed by atoms with E-state index in [1.807, 2.05) is 6.08 Å². The number of carbonyl (C=O) groups is 1. The molecule has 1 unspecified atom stereocenters. The second-order valence-electron chi connectivity index (χ2n) is 6.51. The van der Waals surface area contributed by atoms with Gasteiger partial charge in [0.1, 0.15) is 12.1 Å². The Hall–Kier alpha value is -2.52. The van der Waals surface area contributed by atoms with Crippen molar-refractivity contribution in [2.45, 2.75) is 17.8 Å². The van der Waals surface area contributed by atoms with Crippen LogP contribution in [-0.4, -0.2) is 68.5 Å². The van der Waals surface area contributed by atoms with Crippen LogP contribution in [0.3, 0.4) is 0 Å². The number of aliphatic hydroxyl groups excluding tert-OH is 1. The number of hydrogen-bond donors (Lipinski definition) is 3. The monoisotopic (exact) mass is 392 g/mol. The third kappa shape index (κ3) is 3.52. The first-order valence-corrected chi connectivity index (χ1v) is 9.04. The average molecular weight is 393 g/mol. The van der Waals surface area contributed by atoms with Crippen LogP contribution in [0.5, 0.6) is 0 Å². The van der Waals surface area contributed by atoms with E-state index in [2.05, 4.69) is 25.3 Å². The summed E-state index contributed by atoms with van der Waals surface area (Å²) in [7, 11) is 0. The standard InChI is InChI=1S/C17H18ClFN6O2/c18-9-3-11-12(5-21-15(11)20-4-9)16-22-6-13(19)17(24-16)23-10-1-2-25(7-10)14(27)8-26/h3,5-6,9-10,26H,1-2,4,7-8H2,(H,20,21)(H,22,23,24)/t9?,10-/m1/s1. The highest BCUT2D eigenvalue weighted by Gasteiger charge is 2.27. The minimum Gasteiger partial charge on any atom is -0.387 e. The second kappa shape index (κ2) is 7.24. The van der Waals surface area contributed by atoms with E-state index in [0.717, 1.165) is 11.4 Å². The van der Waals surface area contributed by atoms with Gasteiger partial charge in [-0.1, -0.05) is 6.08 Å². The number of hydrogen-bond acceptors (Lipinski definition) is 6. The van der Waals surface area contributed by atoms with Crippen molar-refractivity contribution in [2.24, 2.45) is 4.99 Å². The van der Waals surface area contributed by atoms with Crippen molar-refractivity contribution in [3.63, 3.8) is 0 Å². The number of carbonyl (C=O) groups excluding carboxylic acids is 1. The molecule has 2 atom stereocenters. The van der Waals surface area contributed by atoms with E-state index in [-0.39, 0.29) is 23.1 Å². The van der Waals surface area contributed by atoms with Crippen LogP contribution in [0, 0.1) is 5.82 Å². The first-order chi connectivity index (χ1) is 13.0. The van der Waals surface area contributed by atoms with E-state index in [4.69, 9.17) is 16.7 Å². The maximum atomic E-state index is 14.2. The van der Waals surface area contributed by atoms with Gasteiger partial charge in [0.25, 0.3) is 0 Å². The Bertz CT molecular complexity index is 994. The molecule has 0 aliphatic carbocycles. The zero-order valence-corrected chi connectivity index (χ0v) is 15.1. The third-order valence-electron chi connectivity index (χ3n) is 4.67. The summed E-state index contributed by atoms with van der Waals surface area (Å²) in [6, 6.07) is -0.147. The first kappa shape index (κ1) is 17.9. The van der Waals surface area contributed by atoms with Crippen LogP contribution in [0.25, 0.3) is 17.5 Å². The van der Waals surface area contributed by atoms with E-state index in [0.29, 0.717) is 42.9 Å². The molecule has 0 radical (unpaired) electrons. The zero-order valence-electron chi connectivity index (χ0n) is 14.3. The fourth-order valence-corrected chi connectivity index (χ4v) is 3.51. The Morgan fingerprint density at radius 3 is 3.19 bits per heavy atom. The number of nitrogens with zero attached hydrogens (tertiary/aromatic N) is 4. The number of rotatable bonds is 4. The maximum absolute atomic E-state index is 14.2. The van der Waals surface area contributed by atoms with Gasteiger partial charge in [-0.3, -0.25) is 9.79 Å². The van der Waals surface area contributed by atoms with Gasteiger partial charge in [-0.15, -0.1) is 11.6 Å². The molecule has 10 heteroatoms. The number of H-pyrrole nitrogens is 1. The Morgan fingerprint density at radius 2 is 2.37 bits per heavy atom. The smallest absolute Gasteiger partial charge is 0.248 e. The predicted octanol–water partition coefficient (Wildman–Crippen LogP) is -0.363. The lowest BCUT2D eigenvalue weighted by atomic mass is 10.2. The van der Waals surface area contributed by atoms with Gasteiger partial charge >= 0.3 is 0 Å². The topological polar surface area (TPSA) is 106 Å². The fourth-order valence-electron chi connectivity index (χ4n) is 3.32. The lowest BCUT2D eigenvalue weighted by molar-refractivity contribution is -0.133. The molecule has 1 fully saturated rings. The van der Waals surface area contributed by atoms with Crippen LogP contribution in [0.4, 0.5) is 10.2 Å². The minimum atomic E-state index is -0.570. The molecule has 8 nitrogen and oxygen atoms in total. The van der Waals surface area contributed by atoms with E-state index >= 15 is 0 Å². The molecule has 0 spiro atoms. The van der Waals surface area contributed by atoms with Crippen LogP contribution in [0.1, 0.15) is 6.42 Å². The predicted molar refractivity (Wildman–Crippen MR) is 97.2 cm³/mol. The highest BCUT2D eigenvalue weighted by atomic mass is 35.5. The molecule has 27 heavy (non-hydrogen) atoms. The van der Waals surface area contributed by atoms with E-state index in [1.165, 1.54) is 4.90 Å². The molecule has 2 aliphatic rings. The molecule has 1 saturated heterocycles. The number of alkyl halides is 1. The summed E-state index contributed by atoms with van der Waals surface area (Å²) in [6.45, 7) is 0.866. The highest BCUT2D eigenvalue weighted by molar-refractivity contribution is 6.24. The number of aromatic nitrogens is 3. The van der Waals surface area contributed by atoms with Crippen molar-refractivity contribution >= 4 is 29.4 Å². The van der Waals surface area contributed by atoms with Crippen molar-refractivity contribution in [3.05, 3.63) is 28.9 Å². The molecular formula is C17H18ClFN6O2. The summed E-state index contributed by atoms with van der Waals surface area (Å²) < 4.78 is 14.2. The van der Waals surface area contributed by atoms with Crippen LogP contribution < -0.4 is 16.0 Å². The largest absolute Gasteiger partial charge is 0.387 e. The van der Waals surface area contributed by atoms with Gasteiger partial charge in [-0.25, -0.2) is 14.4 Å². The number of anilines is 1. The molecule has 1 amide bonds. The summed E-state index contributed by atoms with van der Waals surface area (Å²) in [5.41, 5.74) is 1.41. The van der Waals surface area contributed by atoms with Crippen molar-refractivity contribution in [2.75, 3.05) is 31.6 Å². The van der Waals surface area contributed by atoms with Crippen molar-refractivity contribution in [3.8, 4) is 11.4 Å². The van der Waals surface area contributed by atoms with Crippen molar-refractivity contribution in [1.29, 1.82) is 0 Å². The molecular weight excluding hydrogens is 375 g/mol. The van der Waals surface area contributed by atoms with E-state index in [9.17, 15) is 9.18 Å². The number of nitrogens with one attached hydrogen (secondary N) is 2. The van der Waals surface area contributed by atoms with Gasteiger partial charge in [0.15, 0.2) is 17.5 Å². The molecule has 2 aromatic heterocycles. The summed E-state index contributed by atoms with van der Waals surface area (Å²) in [5.74, 6) is -0.473. The maximum Gasteiger partial charge on any atom is 0.248 e. The van der Waals surface area contributed by atoms with Gasteiger partial charge in [0, 0.05) is 36.1 Å². The van der Waals surface area contributed by atoms with Gasteiger partial charge in [-0.05, 0) is 6.42 Å². The number of fused-ring (bicyclic) bond motifs is 1. The lowest BCUT2D eigenvalue weighted by Gasteiger charge is -2.16. The van der Waals surface area contributed by atoms with Gasteiger partial charge in [0.05, 0.1) is 18.1 Å². The summed E-state index contributed by atoms with van der Waals surface area (Å²) in [4.78, 5) is 28.9.